The molecule has 4 nitrogen and oxygen atoms in total. The van der Waals surface area contributed by atoms with Crippen LogP contribution in [0.3, 0.4) is 0 Å². The molecule has 2 heterocycles. The van der Waals surface area contributed by atoms with Gasteiger partial charge in [0.25, 0.3) is 0 Å². The highest BCUT2D eigenvalue weighted by molar-refractivity contribution is 5.71. The lowest BCUT2D eigenvalue weighted by atomic mass is 9.86. The Hall–Kier alpha value is -0.770. The van der Waals surface area contributed by atoms with E-state index in [4.69, 9.17) is 4.74 Å². The lowest BCUT2D eigenvalue weighted by Crippen LogP contribution is -2.49. The molecule has 1 unspecified atom stereocenters. The van der Waals surface area contributed by atoms with Crippen molar-refractivity contribution in [2.24, 2.45) is 0 Å². The number of carbonyl (C=O) groups excluding carboxylic acids is 1. The molecule has 13 heavy (non-hydrogen) atoms. The third-order valence-electron chi connectivity index (χ3n) is 3.25. The third-order valence-corrected chi connectivity index (χ3v) is 3.25. The molecule has 0 saturated carbocycles. The number of rotatable bonds is 0. The Morgan fingerprint density at radius 2 is 2.15 bits per heavy atom. The van der Waals surface area contributed by atoms with Crippen molar-refractivity contribution in [1.82, 2.24) is 10.2 Å². The number of hydrogen-bond acceptors (Lipinski definition) is 3. The van der Waals surface area contributed by atoms with Crippen LogP contribution in [0.15, 0.2) is 0 Å². The van der Waals surface area contributed by atoms with Crippen LogP contribution < -0.4 is 5.32 Å². The van der Waals surface area contributed by atoms with E-state index in [0.717, 1.165) is 25.9 Å². The van der Waals surface area contributed by atoms with Crippen LogP contribution >= 0.6 is 0 Å². The molecular formula is C9H16N2O2. The minimum absolute atomic E-state index is 0.161. The molecule has 74 valence electrons. The maximum absolute atomic E-state index is 11.1. The van der Waals surface area contributed by atoms with E-state index in [2.05, 4.69) is 17.3 Å². The average molecular weight is 184 g/mol. The Bertz CT molecular complexity index is 222. The van der Waals surface area contributed by atoms with E-state index in [0.29, 0.717) is 0 Å². The van der Waals surface area contributed by atoms with Crippen LogP contribution in [0.4, 0.5) is 4.79 Å². The predicted molar refractivity (Wildman–Crippen MR) is 48.5 cm³/mol. The van der Waals surface area contributed by atoms with E-state index in [1.807, 2.05) is 6.92 Å². The smallest absolute Gasteiger partial charge is 0.408 e. The van der Waals surface area contributed by atoms with Crippen LogP contribution in [0, 0.1) is 0 Å². The average Bonchev–Trinajstić information content (AvgIpc) is 2.34. The molecule has 0 aliphatic carbocycles. The highest BCUT2D eigenvalue weighted by Gasteiger charge is 2.47. The second-order valence-corrected chi connectivity index (χ2v) is 4.12. The number of carbonyl (C=O) groups is 1. The summed E-state index contributed by atoms with van der Waals surface area (Å²) < 4.78 is 5.37. The summed E-state index contributed by atoms with van der Waals surface area (Å²) >= 11 is 0. The number of alkyl carbamates (subject to hydrolysis) is 1. The molecule has 2 aliphatic heterocycles. The SMILES string of the molecule is CC1NC(=O)OC12CCN(C)CC2. The van der Waals surface area contributed by atoms with E-state index in [1.165, 1.54) is 0 Å². The van der Waals surface area contributed by atoms with Crippen molar-refractivity contribution in [3.63, 3.8) is 0 Å². The summed E-state index contributed by atoms with van der Waals surface area (Å²) in [5.41, 5.74) is -0.219. The number of piperidine rings is 1. The van der Waals surface area contributed by atoms with Crippen LogP contribution in [0.5, 0.6) is 0 Å². The van der Waals surface area contributed by atoms with Crippen molar-refractivity contribution in [1.29, 1.82) is 0 Å². The number of nitrogens with zero attached hydrogens (tertiary/aromatic N) is 1. The summed E-state index contributed by atoms with van der Waals surface area (Å²) in [5, 5.41) is 2.81. The number of amides is 1. The first-order valence-electron chi connectivity index (χ1n) is 4.80. The molecule has 2 saturated heterocycles. The standard InChI is InChI=1S/C9H16N2O2/c1-7-9(13-8(12)10-7)3-5-11(2)6-4-9/h7H,3-6H2,1-2H3,(H,10,12). The molecule has 1 N–H and O–H groups in total. The predicted octanol–water partition coefficient (Wildman–Crippen LogP) is 0.579. The van der Waals surface area contributed by atoms with Gasteiger partial charge in [-0.05, 0) is 14.0 Å². The van der Waals surface area contributed by atoms with Crippen molar-refractivity contribution in [2.45, 2.75) is 31.4 Å². The highest BCUT2D eigenvalue weighted by atomic mass is 16.6. The molecule has 2 aliphatic rings. The molecule has 0 radical (unpaired) electrons. The Labute approximate surface area is 78.2 Å². The van der Waals surface area contributed by atoms with E-state index in [1.54, 1.807) is 0 Å². The van der Waals surface area contributed by atoms with Crippen LogP contribution in [-0.4, -0.2) is 42.8 Å². The normalized spacial score (nSPS) is 33.1. The molecule has 2 fully saturated rings. The van der Waals surface area contributed by atoms with Gasteiger partial charge in [0.1, 0.15) is 5.60 Å². The molecule has 4 heteroatoms. The topological polar surface area (TPSA) is 41.6 Å². The van der Waals surface area contributed by atoms with Gasteiger partial charge in [-0.15, -0.1) is 0 Å². The second kappa shape index (κ2) is 2.87. The van der Waals surface area contributed by atoms with Gasteiger partial charge >= 0.3 is 6.09 Å². The van der Waals surface area contributed by atoms with Gasteiger partial charge in [-0.3, -0.25) is 0 Å². The fourth-order valence-electron chi connectivity index (χ4n) is 2.14. The Morgan fingerprint density at radius 3 is 2.62 bits per heavy atom. The van der Waals surface area contributed by atoms with Gasteiger partial charge in [0, 0.05) is 25.9 Å². The zero-order valence-corrected chi connectivity index (χ0v) is 8.17. The summed E-state index contributed by atoms with van der Waals surface area (Å²) in [6.07, 6.45) is 1.64. The van der Waals surface area contributed by atoms with Gasteiger partial charge in [0.15, 0.2) is 0 Å². The molecule has 1 atom stereocenters. The molecule has 1 amide bonds. The van der Waals surface area contributed by atoms with Gasteiger partial charge in [-0.25, -0.2) is 4.79 Å². The maximum atomic E-state index is 11.1. The van der Waals surface area contributed by atoms with E-state index < -0.39 is 0 Å². The second-order valence-electron chi connectivity index (χ2n) is 4.12. The molecule has 1 spiro atoms. The van der Waals surface area contributed by atoms with Gasteiger partial charge in [0.05, 0.1) is 6.04 Å². The number of ether oxygens (including phenoxy) is 1. The third kappa shape index (κ3) is 1.39. The van der Waals surface area contributed by atoms with E-state index >= 15 is 0 Å². The van der Waals surface area contributed by atoms with Gasteiger partial charge in [-0.2, -0.15) is 0 Å². The Balaban J connectivity index is 2.08. The molecule has 0 aromatic heterocycles. The summed E-state index contributed by atoms with van der Waals surface area (Å²) in [5.74, 6) is 0. The zero-order valence-electron chi connectivity index (χ0n) is 8.17. The molecule has 0 bridgehead atoms. The Kier molecular flexibility index (Phi) is 1.95. The van der Waals surface area contributed by atoms with Crippen molar-refractivity contribution in [3.8, 4) is 0 Å². The van der Waals surface area contributed by atoms with Gasteiger partial charge in [0.2, 0.25) is 0 Å². The van der Waals surface area contributed by atoms with Crippen LogP contribution in [0.25, 0.3) is 0 Å². The summed E-state index contributed by atoms with van der Waals surface area (Å²) in [6.45, 7) is 4.05. The Morgan fingerprint density at radius 1 is 1.54 bits per heavy atom. The molecule has 0 aromatic rings. The van der Waals surface area contributed by atoms with E-state index in [-0.39, 0.29) is 17.7 Å². The summed E-state index contributed by atoms with van der Waals surface area (Å²) in [7, 11) is 2.10. The number of hydrogen-bond donors (Lipinski definition) is 1. The van der Waals surface area contributed by atoms with Crippen LogP contribution in [-0.2, 0) is 4.74 Å². The minimum atomic E-state index is -0.253. The van der Waals surface area contributed by atoms with Gasteiger partial charge in [-0.1, -0.05) is 0 Å². The van der Waals surface area contributed by atoms with Crippen molar-refractivity contribution in [3.05, 3.63) is 0 Å². The maximum Gasteiger partial charge on any atom is 0.408 e. The first kappa shape index (κ1) is 8.81. The van der Waals surface area contributed by atoms with Gasteiger partial charge < -0.3 is 15.0 Å². The fourth-order valence-corrected chi connectivity index (χ4v) is 2.14. The summed E-state index contributed by atoms with van der Waals surface area (Å²) in [4.78, 5) is 13.3. The molecule has 2 rings (SSSR count). The first-order valence-corrected chi connectivity index (χ1v) is 4.80. The monoisotopic (exact) mass is 184 g/mol. The van der Waals surface area contributed by atoms with Crippen LogP contribution in [0.2, 0.25) is 0 Å². The number of nitrogens with one attached hydrogen (secondary N) is 1. The quantitative estimate of drug-likeness (QED) is 0.598. The minimum Gasteiger partial charge on any atom is -0.441 e. The fraction of sp³-hybridized carbons (Fsp3) is 0.889. The van der Waals surface area contributed by atoms with Crippen LogP contribution in [0.1, 0.15) is 19.8 Å². The van der Waals surface area contributed by atoms with Crippen molar-refractivity contribution < 1.29 is 9.53 Å². The molecular weight excluding hydrogens is 168 g/mol. The van der Waals surface area contributed by atoms with E-state index in [9.17, 15) is 4.79 Å². The lowest BCUT2D eigenvalue weighted by molar-refractivity contribution is -0.0100. The summed E-state index contributed by atoms with van der Waals surface area (Å²) in [6, 6.07) is 0.161. The zero-order chi connectivity index (χ0) is 9.47. The first-order chi connectivity index (χ1) is 6.12. The number of likely N-dealkylation sites (tertiary alicyclic amines) is 1. The lowest BCUT2D eigenvalue weighted by Gasteiger charge is -2.38. The largest absolute Gasteiger partial charge is 0.441 e. The molecule has 0 aromatic carbocycles. The van der Waals surface area contributed by atoms with Crippen molar-refractivity contribution >= 4 is 6.09 Å². The van der Waals surface area contributed by atoms with Crippen molar-refractivity contribution in [2.75, 3.05) is 20.1 Å². The highest BCUT2D eigenvalue weighted by Crippen LogP contribution is 2.33.